The maximum Gasteiger partial charge on any atom is 0.244 e. The maximum absolute atomic E-state index is 13.7. The van der Waals surface area contributed by atoms with Crippen LogP contribution in [-0.2, 0) is 26.2 Å². The van der Waals surface area contributed by atoms with Crippen molar-refractivity contribution in [1.82, 2.24) is 10.2 Å². The summed E-state index contributed by atoms with van der Waals surface area (Å²) in [5.41, 5.74) is 1.00. The number of carbonyl (C=O) groups is 2. The standard InChI is InChI=1S/C26H34ClN3O6S/c1-4-6-12-28-26(32)19(3)29(17-20-8-7-9-21(27)15-20)25(31)18-30(37(33,34)5-2)22-10-11-23-24(16-22)36-14-13-35-23/h7-11,15-16,19H,4-6,12-14,17-18H2,1-3H3,(H,28,32)/t19-/m0/s1. The van der Waals surface area contributed by atoms with E-state index in [0.717, 1.165) is 22.7 Å². The first-order chi connectivity index (χ1) is 17.7. The summed E-state index contributed by atoms with van der Waals surface area (Å²) >= 11 is 6.14. The third-order valence-corrected chi connectivity index (χ3v) is 8.01. The number of ether oxygens (including phenoxy) is 2. The summed E-state index contributed by atoms with van der Waals surface area (Å²) in [6.07, 6.45) is 1.73. The lowest BCUT2D eigenvalue weighted by molar-refractivity contribution is -0.139. The molecule has 0 saturated heterocycles. The topological polar surface area (TPSA) is 105 Å². The number of unbranched alkanes of at least 4 members (excludes halogenated alkanes) is 1. The molecule has 1 atom stereocenters. The second kappa shape index (κ2) is 13.0. The molecule has 0 fully saturated rings. The summed E-state index contributed by atoms with van der Waals surface area (Å²) in [5.74, 6) is -0.129. The van der Waals surface area contributed by atoms with Crippen molar-refractivity contribution in [1.29, 1.82) is 0 Å². The van der Waals surface area contributed by atoms with E-state index in [4.69, 9.17) is 21.1 Å². The van der Waals surface area contributed by atoms with Gasteiger partial charge in [0.1, 0.15) is 25.8 Å². The van der Waals surface area contributed by atoms with Crippen LogP contribution < -0.4 is 19.1 Å². The lowest BCUT2D eigenvalue weighted by Gasteiger charge is -2.32. The molecule has 0 radical (unpaired) electrons. The average Bonchev–Trinajstić information content (AvgIpc) is 2.89. The Balaban J connectivity index is 1.92. The smallest absolute Gasteiger partial charge is 0.244 e. The molecular weight excluding hydrogens is 518 g/mol. The van der Waals surface area contributed by atoms with E-state index in [-0.39, 0.29) is 23.9 Å². The number of carbonyl (C=O) groups excluding carboxylic acids is 2. The van der Waals surface area contributed by atoms with E-state index in [9.17, 15) is 18.0 Å². The van der Waals surface area contributed by atoms with Gasteiger partial charge in [-0.05, 0) is 50.1 Å². The Bertz CT molecular complexity index is 1210. The maximum atomic E-state index is 13.7. The van der Waals surface area contributed by atoms with Crippen molar-refractivity contribution in [2.45, 2.75) is 46.2 Å². The van der Waals surface area contributed by atoms with Gasteiger partial charge in [-0.1, -0.05) is 37.1 Å². The van der Waals surface area contributed by atoms with Crippen LogP contribution in [0.3, 0.4) is 0 Å². The van der Waals surface area contributed by atoms with Crippen LogP contribution in [0.25, 0.3) is 0 Å². The van der Waals surface area contributed by atoms with Crippen LogP contribution in [0.4, 0.5) is 5.69 Å². The zero-order valence-corrected chi connectivity index (χ0v) is 23.0. The molecule has 0 bridgehead atoms. The fourth-order valence-corrected chi connectivity index (χ4v) is 5.12. The average molecular weight is 552 g/mol. The molecule has 37 heavy (non-hydrogen) atoms. The molecule has 0 unspecified atom stereocenters. The predicted octanol–water partition coefficient (Wildman–Crippen LogP) is 3.60. The molecule has 1 N–H and O–H groups in total. The normalized spacial score (nSPS) is 13.5. The Kier molecular flexibility index (Phi) is 10.0. The van der Waals surface area contributed by atoms with Crippen LogP contribution in [-0.4, -0.2) is 63.2 Å². The highest BCUT2D eigenvalue weighted by atomic mass is 35.5. The summed E-state index contributed by atoms with van der Waals surface area (Å²) in [4.78, 5) is 28.0. The number of hydrogen-bond acceptors (Lipinski definition) is 6. The predicted molar refractivity (Wildman–Crippen MR) is 144 cm³/mol. The van der Waals surface area contributed by atoms with Crippen molar-refractivity contribution in [3.63, 3.8) is 0 Å². The van der Waals surface area contributed by atoms with Crippen molar-refractivity contribution < 1.29 is 27.5 Å². The van der Waals surface area contributed by atoms with Crippen molar-refractivity contribution in [3.05, 3.63) is 53.1 Å². The van der Waals surface area contributed by atoms with Crippen LogP contribution in [0.5, 0.6) is 11.5 Å². The molecule has 11 heteroatoms. The van der Waals surface area contributed by atoms with Gasteiger partial charge in [-0.15, -0.1) is 0 Å². The van der Waals surface area contributed by atoms with Crippen LogP contribution in [0.15, 0.2) is 42.5 Å². The first-order valence-electron chi connectivity index (χ1n) is 12.4. The Morgan fingerprint density at radius 1 is 1.08 bits per heavy atom. The SMILES string of the molecule is CCCCNC(=O)[C@H](C)N(Cc1cccc(Cl)c1)C(=O)CN(c1ccc2c(c1)OCCO2)S(=O)(=O)CC. The number of anilines is 1. The van der Waals surface area contributed by atoms with E-state index in [0.29, 0.717) is 36.3 Å². The third kappa shape index (κ3) is 7.52. The number of nitrogens with one attached hydrogen (secondary N) is 1. The Morgan fingerprint density at radius 3 is 2.49 bits per heavy atom. The largest absolute Gasteiger partial charge is 0.486 e. The molecular formula is C26H34ClN3O6S. The number of fused-ring (bicyclic) bond motifs is 1. The minimum Gasteiger partial charge on any atom is -0.486 e. The molecule has 0 aliphatic carbocycles. The highest BCUT2D eigenvalue weighted by Crippen LogP contribution is 2.35. The van der Waals surface area contributed by atoms with Crippen molar-refractivity contribution in [2.24, 2.45) is 0 Å². The molecule has 1 heterocycles. The van der Waals surface area contributed by atoms with Gasteiger partial charge in [0.2, 0.25) is 21.8 Å². The van der Waals surface area contributed by atoms with Gasteiger partial charge in [0.05, 0.1) is 11.4 Å². The van der Waals surface area contributed by atoms with E-state index in [2.05, 4.69) is 5.32 Å². The quantitative estimate of drug-likeness (QED) is 0.404. The van der Waals surface area contributed by atoms with Gasteiger partial charge in [-0.3, -0.25) is 13.9 Å². The lowest BCUT2D eigenvalue weighted by atomic mass is 10.1. The first-order valence-corrected chi connectivity index (χ1v) is 14.4. The number of nitrogens with zero attached hydrogens (tertiary/aromatic N) is 2. The first kappa shape index (κ1) is 28.6. The van der Waals surface area contributed by atoms with Crippen molar-refractivity contribution >= 4 is 39.1 Å². The van der Waals surface area contributed by atoms with Crippen molar-refractivity contribution in [3.8, 4) is 11.5 Å². The Hall–Kier alpha value is -2.98. The van der Waals surface area contributed by atoms with Gasteiger partial charge in [0.25, 0.3) is 0 Å². The molecule has 2 aromatic carbocycles. The number of halogens is 1. The number of rotatable bonds is 12. The van der Waals surface area contributed by atoms with Gasteiger partial charge in [-0.25, -0.2) is 8.42 Å². The lowest BCUT2D eigenvalue weighted by Crippen LogP contribution is -2.51. The summed E-state index contributed by atoms with van der Waals surface area (Å²) in [6, 6.07) is 10.9. The highest BCUT2D eigenvalue weighted by Gasteiger charge is 2.31. The Labute approximate surface area is 223 Å². The highest BCUT2D eigenvalue weighted by molar-refractivity contribution is 7.92. The van der Waals surface area contributed by atoms with Crippen LogP contribution in [0, 0.1) is 0 Å². The fraction of sp³-hybridized carbons (Fsp3) is 0.462. The van der Waals surface area contributed by atoms with Gasteiger partial charge < -0.3 is 19.7 Å². The van der Waals surface area contributed by atoms with E-state index in [1.807, 2.05) is 6.92 Å². The van der Waals surface area contributed by atoms with E-state index < -0.39 is 28.5 Å². The van der Waals surface area contributed by atoms with E-state index in [1.165, 1.54) is 11.8 Å². The molecule has 202 valence electrons. The zero-order valence-electron chi connectivity index (χ0n) is 21.4. The minimum atomic E-state index is -3.84. The van der Waals surface area contributed by atoms with E-state index in [1.54, 1.807) is 49.4 Å². The fourth-order valence-electron chi connectivity index (χ4n) is 3.86. The zero-order chi connectivity index (χ0) is 27.0. The van der Waals surface area contributed by atoms with Gasteiger partial charge in [0, 0.05) is 24.2 Å². The van der Waals surface area contributed by atoms with Gasteiger partial charge >= 0.3 is 0 Å². The Morgan fingerprint density at radius 2 is 1.81 bits per heavy atom. The summed E-state index contributed by atoms with van der Waals surface area (Å²) < 4.78 is 38.4. The van der Waals surface area contributed by atoms with Gasteiger partial charge in [0.15, 0.2) is 11.5 Å². The minimum absolute atomic E-state index is 0.0862. The molecule has 0 spiro atoms. The van der Waals surface area contributed by atoms with Crippen LogP contribution in [0.1, 0.15) is 39.2 Å². The van der Waals surface area contributed by atoms with Crippen LogP contribution >= 0.6 is 11.6 Å². The number of hydrogen-bond donors (Lipinski definition) is 1. The molecule has 0 saturated carbocycles. The molecule has 0 aromatic heterocycles. The number of sulfonamides is 1. The second-order valence-corrected chi connectivity index (χ2v) is 11.3. The summed E-state index contributed by atoms with van der Waals surface area (Å²) in [6.45, 7) is 6.00. The number of amides is 2. The molecule has 9 nitrogen and oxygen atoms in total. The number of benzene rings is 2. The molecule has 1 aliphatic rings. The molecule has 3 rings (SSSR count). The molecule has 1 aliphatic heterocycles. The molecule has 2 aromatic rings. The summed E-state index contributed by atoms with van der Waals surface area (Å²) in [5, 5.41) is 3.35. The second-order valence-electron chi connectivity index (χ2n) is 8.71. The summed E-state index contributed by atoms with van der Waals surface area (Å²) in [7, 11) is -3.84. The molecule has 2 amide bonds. The van der Waals surface area contributed by atoms with Crippen LogP contribution in [0.2, 0.25) is 5.02 Å². The monoisotopic (exact) mass is 551 g/mol. The van der Waals surface area contributed by atoms with Crippen molar-refractivity contribution in [2.75, 3.05) is 36.4 Å². The third-order valence-electron chi connectivity index (χ3n) is 6.03. The van der Waals surface area contributed by atoms with E-state index >= 15 is 0 Å². The van der Waals surface area contributed by atoms with Gasteiger partial charge in [-0.2, -0.15) is 0 Å².